The van der Waals surface area contributed by atoms with Gasteiger partial charge in [0.25, 0.3) is 0 Å². The molecule has 8 heteroatoms. The molecule has 0 fully saturated rings. The third-order valence-corrected chi connectivity index (χ3v) is 8.87. The molecule has 0 amide bonds. The molecule has 0 N–H and O–H groups in total. The Kier molecular flexibility index (Phi) is 8.73. The molecular weight excluding hydrogens is 665 g/mol. The minimum absolute atomic E-state index is 0.756. The predicted octanol–water partition coefficient (Wildman–Crippen LogP) is 10.2. The standard InChI is InChI=1S/C46H30N8/c1-4-25-47-37(12-1)40-18-7-15-34(50-40)31-28-32(35-16-8-21-43(51-35)45-23-10-19-41(53-45)38-13-2-5-26-48-38)30-33(29-31)36-17-9-22-44(52-36)46-24-11-20-42(54-46)39-14-3-6-27-49-39/h1-30H. The molecule has 8 aromatic heterocycles. The van der Waals surface area contributed by atoms with Gasteiger partial charge in [-0.2, -0.15) is 0 Å². The number of nitrogens with zero attached hydrogens (tertiary/aromatic N) is 8. The average molecular weight is 695 g/mol. The van der Waals surface area contributed by atoms with E-state index in [-0.39, 0.29) is 0 Å². The van der Waals surface area contributed by atoms with Crippen LogP contribution in [0.1, 0.15) is 0 Å². The van der Waals surface area contributed by atoms with Crippen LogP contribution in [0.4, 0.5) is 0 Å². The van der Waals surface area contributed by atoms with Gasteiger partial charge < -0.3 is 0 Å². The van der Waals surface area contributed by atoms with Gasteiger partial charge >= 0.3 is 0 Å². The number of pyridine rings is 8. The number of aromatic nitrogens is 8. The van der Waals surface area contributed by atoms with Gasteiger partial charge in [-0.1, -0.05) is 48.5 Å². The van der Waals surface area contributed by atoms with Crippen LogP contribution < -0.4 is 0 Å². The average Bonchev–Trinajstić information content (AvgIpc) is 3.27. The van der Waals surface area contributed by atoms with Crippen LogP contribution in [0.25, 0.3) is 90.7 Å². The SMILES string of the molecule is c1ccc(-c2cccc(-c3cc(-c4cccc(-c5cccc(-c6ccccn6)n5)n4)cc(-c4cccc(-c5cccc(-c6ccccn6)n5)n4)c3)n2)nc1. The van der Waals surface area contributed by atoms with E-state index in [0.29, 0.717) is 0 Å². The molecule has 54 heavy (non-hydrogen) atoms. The van der Waals surface area contributed by atoms with Crippen molar-refractivity contribution in [3.63, 3.8) is 0 Å². The molecule has 0 saturated heterocycles. The molecule has 1 aromatic carbocycles. The highest BCUT2D eigenvalue weighted by Gasteiger charge is 2.14. The minimum atomic E-state index is 0.756. The van der Waals surface area contributed by atoms with E-state index in [1.807, 2.05) is 146 Å². The van der Waals surface area contributed by atoms with E-state index in [1.165, 1.54) is 0 Å². The van der Waals surface area contributed by atoms with E-state index in [9.17, 15) is 0 Å². The van der Waals surface area contributed by atoms with Crippen molar-refractivity contribution in [1.82, 2.24) is 39.9 Å². The smallest absolute Gasteiger partial charge is 0.0894 e. The maximum Gasteiger partial charge on any atom is 0.0894 e. The molecule has 0 aliphatic rings. The van der Waals surface area contributed by atoms with Crippen LogP contribution >= 0.6 is 0 Å². The number of benzene rings is 1. The van der Waals surface area contributed by atoms with Gasteiger partial charge in [0.05, 0.1) is 74.0 Å². The molecule has 8 nitrogen and oxygen atoms in total. The Balaban J connectivity index is 1.15. The maximum atomic E-state index is 5.14. The highest BCUT2D eigenvalue weighted by Crippen LogP contribution is 2.34. The molecule has 0 bridgehead atoms. The summed E-state index contributed by atoms with van der Waals surface area (Å²) < 4.78 is 0. The summed E-state index contributed by atoms with van der Waals surface area (Å²) in [6.45, 7) is 0. The zero-order chi connectivity index (χ0) is 36.1. The maximum absolute atomic E-state index is 5.14. The van der Waals surface area contributed by atoms with Gasteiger partial charge in [0.15, 0.2) is 0 Å². The largest absolute Gasteiger partial charge is 0.255 e. The Morgan fingerprint density at radius 2 is 0.426 bits per heavy atom. The van der Waals surface area contributed by atoms with E-state index in [1.54, 1.807) is 18.6 Å². The summed E-state index contributed by atoms with van der Waals surface area (Å²) >= 11 is 0. The zero-order valence-electron chi connectivity index (χ0n) is 28.9. The number of hydrogen-bond donors (Lipinski definition) is 0. The molecule has 0 aliphatic heterocycles. The van der Waals surface area contributed by atoms with E-state index < -0.39 is 0 Å². The molecule has 0 aliphatic carbocycles. The van der Waals surface area contributed by atoms with E-state index in [4.69, 9.17) is 24.9 Å². The Morgan fingerprint density at radius 1 is 0.204 bits per heavy atom. The number of hydrogen-bond acceptors (Lipinski definition) is 8. The van der Waals surface area contributed by atoms with E-state index >= 15 is 0 Å². The number of rotatable bonds is 8. The fourth-order valence-electron chi connectivity index (χ4n) is 6.27. The van der Waals surface area contributed by atoms with Crippen LogP contribution in [0, 0.1) is 0 Å². The molecule has 254 valence electrons. The summed E-state index contributed by atoms with van der Waals surface area (Å²) in [5, 5.41) is 0. The molecule has 8 heterocycles. The first-order chi connectivity index (χ1) is 26.7. The fourth-order valence-corrected chi connectivity index (χ4v) is 6.27. The second kappa shape index (κ2) is 14.6. The Morgan fingerprint density at radius 3 is 0.685 bits per heavy atom. The zero-order valence-corrected chi connectivity index (χ0v) is 28.9. The van der Waals surface area contributed by atoms with Crippen molar-refractivity contribution in [3.05, 3.63) is 182 Å². The van der Waals surface area contributed by atoms with Crippen LogP contribution in [0.3, 0.4) is 0 Å². The van der Waals surface area contributed by atoms with Crippen LogP contribution in [-0.4, -0.2) is 39.9 Å². The molecule has 0 saturated carbocycles. The summed E-state index contributed by atoms with van der Waals surface area (Å²) in [5.41, 5.74) is 13.0. The van der Waals surface area contributed by atoms with Crippen molar-refractivity contribution in [2.45, 2.75) is 0 Å². The van der Waals surface area contributed by atoms with Crippen molar-refractivity contribution < 1.29 is 0 Å². The summed E-state index contributed by atoms with van der Waals surface area (Å²) in [6.07, 6.45) is 5.32. The van der Waals surface area contributed by atoms with Crippen LogP contribution in [-0.2, 0) is 0 Å². The van der Waals surface area contributed by atoms with Crippen molar-refractivity contribution in [2.24, 2.45) is 0 Å². The molecule has 0 unspecified atom stereocenters. The third-order valence-electron chi connectivity index (χ3n) is 8.87. The van der Waals surface area contributed by atoms with E-state index in [2.05, 4.69) is 33.2 Å². The lowest BCUT2D eigenvalue weighted by Gasteiger charge is -2.12. The van der Waals surface area contributed by atoms with Gasteiger partial charge in [-0.05, 0) is 115 Å². The quantitative estimate of drug-likeness (QED) is 0.155. The second-order valence-electron chi connectivity index (χ2n) is 12.5. The summed E-state index contributed by atoms with van der Waals surface area (Å²) in [4.78, 5) is 38.7. The third kappa shape index (κ3) is 6.87. The van der Waals surface area contributed by atoms with Crippen LogP contribution in [0.15, 0.2) is 182 Å². The summed E-state index contributed by atoms with van der Waals surface area (Å²) in [5.74, 6) is 0. The lowest BCUT2D eigenvalue weighted by Crippen LogP contribution is -1.96. The van der Waals surface area contributed by atoms with Gasteiger partial charge in [0, 0.05) is 35.3 Å². The first-order valence-electron chi connectivity index (χ1n) is 17.5. The van der Waals surface area contributed by atoms with Crippen LogP contribution in [0.5, 0.6) is 0 Å². The summed E-state index contributed by atoms with van der Waals surface area (Å²) in [7, 11) is 0. The molecule has 9 rings (SSSR count). The molecule has 0 radical (unpaired) electrons. The monoisotopic (exact) mass is 694 g/mol. The highest BCUT2D eigenvalue weighted by atomic mass is 14.8. The highest BCUT2D eigenvalue weighted by molar-refractivity contribution is 5.80. The van der Waals surface area contributed by atoms with Crippen molar-refractivity contribution >= 4 is 0 Å². The van der Waals surface area contributed by atoms with Crippen molar-refractivity contribution in [1.29, 1.82) is 0 Å². The van der Waals surface area contributed by atoms with Crippen molar-refractivity contribution in [3.8, 4) is 90.7 Å². The molecular formula is C46H30N8. The van der Waals surface area contributed by atoms with Gasteiger partial charge in [-0.25, -0.2) is 24.9 Å². The van der Waals surface area contributed by atoms with Gasteiger partial charge in [-0.15, -0.1) is 0 Å². The topological polar surface area (TPSA) is 103 Å². The van der Waals surface area contributed by atoms with E-state index in [0.717, 1.165) is 90.7 Å². The normalized spacial score (nSPS) is 11.0. The molecule has 0 spiro atoms. The Bertz CT molecular complexity index is 2580. The lowest BCUT2D eigenvalue weighted by molar-refractivity contribution is 1.22. The first-order valence-corrected chi connectivity index (χ1v) is 17.5. The fraction of sp³-hybridized carbons (Fsp3) is 0. The summed E-state index contributed by atoms with van der Waals surface area (Å²) in [6, 6.07) is 53.7. The van der Waals surface area contributed by atoms with Gasteiger partial charge in [-0.3, -0.25) is 15.0 Å². The lowest BCUT2D eigenvalue weighted by atomic mass is 9.98. The Hall–Kier alpha value is -7.58. The predicted molar refractivity (Wildman–Crippen MR) is 212 cm³/mol. The first kappa shape index (κ1) is 32.3. The van der Waals surface area contributed by atoms with Crippen LogP contribution in [0.2, 0.25) is 0 Å². The molecule has 0 atom stereocenters. The van der Waals surface area contributed by atoms with Gasteiger partial charge in [0.2, 0.25) is 0 Å². The van der Waals surface area contributed by atoms with Gasteiger partial charge in [0.1, 0.15) is 0 Å². The minimum Gasteiger partial charge on any atom is -0.255 e. The Labute approximate surface area is 312 Å². The van der Waals surface area contributed by atoms with Crippen molar-refractivity contribution in [2.75, 3.05) is 0 Å². The second-order valence-corrected chi connectivity index (χ2v) is 12.5. The molecule has 9 aromatic rings.